The topological polar surface area (TPSA) is 32.3 Å². The Morgan fingerprint density at radius 2 is 2.12 bits per heavy atom. The first-order valence-electron chi connectivity index (χ1n) is 5.07. The van der Waals surface area contributed by atoms with Crippen molar-refractivity contribution in [2.75, 3.05) is 4.90 Å². The number of anilines is 1. The van der Waals surface area contributed by atoms with Crippen molar-refractivity contribution in [1.29, 1.82) is 0 Å². The molecule has 1 heterocycles. The van der Waals surface area contributed by atoms with Gasteiger partial charge in [-0.2, -0.15) is 0 Å². The van der Waals surface area contributed by atoms with Gasteiger partial charge in [0.15, 0.2) is 5.11 Å². The van der Waals surface area contributed by atoms with Crippen LogP contribution in [-0.2, 0) is 4.79 Å². The van der Waals surface area contributed by atoms with Crippen molar-refractivity contribution in [2.24, 2.45) is 0 Å². The molecule has 1 N–H and O–H groups in total. The monoisotopic (exact) mass is 288 g/mol. The Kier molecular flexibility index (Phi) is 3.56. The zero-order chi connectivity index (χ0) is 12.6. The standard InChI is InChI=1S/C11H10Cl2N2OS/c1-6-4-10(16)14-11(17)15(6)7-2-3-8(12)9(13)5-7/h2-3,5-6H,4H2,1H3,(H,14,16,17). The number of thiocarbonyl (C=S) groups is 1. The Hall–Kier alpha value is -0.840. The van der Waals surface area contributed by atoms with Gasteiger partial charge < -0.3 is 10.2 Å². The summed E-state index contributed by atoms with van der Waals surface area (Å²) in [7, 11) is 0. The molecule has 1 fully saturated rings. The summed E-state index contributed by atoms with van der Waals surface area (Å²) in [6.45, 7) is 1.94. The molecule has 1 aromatic rings. The van der Waals surface area contributed by atoms with Crippen LogP contribution in [0.5, 0.6) is 0 Å². The minimum absolute atomic E-state index is 0.00786. The number of hydrogen-bond donors (Lipinski definition) is 1. The van der Waals surface area contributed by atoms with Crippen LogP contribution in [0.4, 0.5) is 5.69 Å². The quantitative estimate of drug-likeness (QED) is 0.807. The molecule has 3 nitrogen and oxygen atoms in total. The largest absolute Gasteiger partial charge is 0.315 e. The van der Waals surface area contributed by atoms with Gasteiger partial charge in [0.05, 0.1) is 10.0 Å². The van der Waals surface area contributed by atoms with Gasteiger partial charge >= 0.3 is 0 Å². The number of rotatable bonds is 1. The fraction of sp³-hybridized carbons (Fsp3) is 0.273. The summed E-state index contributed by atoms with van der Waals surface area (Å²) >= 11 is 17.0. The number of carbonyl (C=O) groups is 1. The first-order valence-corrected chi connectivity index (χ1v) is 6.23. The number of halogens is 2. The minimum atomic E-state index is -0.0567. The second-order valence-electron chi connectivity index (χ2n) is 3.87. The number of hydrogen-bond acceptors (Lipinski definition) is 2. The van der Waals surface area contributed by atoms with Crippen LogP contribution in [0.2, 0.25) is 10.0 Å². The molecular formula is C11H10Cl2N2OS. The molecule has 6 heteroatoms. The molecule has 17 heavy (non-hydrogen) atoms. The van der Waals surface area contributed by atoms with Crippen LogP contribution in [0.3, 0.4) is 0 Å². The van der Waals surface area contributed by atoms with E-state index in [9.17, 15) is 4.79 Å². The molecule has 0 radical (unpaired) electrons. The molecule has 1 amide bonds. The van der Waals surface area contributed by atoms with E-state index in [1.807, 2.05) is 17.9 Å². The summed E-state index contributed by atoms with van der Waals surface area (Å²) in [4.78, 5) is 13.2. The van der Waals surface area contributed by atoms with E-state index in [0.29, 0.717) is 21.6 Å². The smallest absolute Gasteiger partial charge is 0.228 e. The molecule has 0 saturated carbocycles. The lowest BCUT2D eigenvalue weighted by Gasteiger charge is -2.35. The van der Waals surface area contributed by atoms with Crippen molar-refractivity contribution < 1.29 is 4.79 Å². The molecular weight excluding hydrogens is 279 g/mol. The maximum atomic E-state index is 11.3. The van der Waals surface area contributed by atoms with Crippen molar-refractivity contribution in [3.05, 3.63) is 28.2 Å². The molecule has 1 aliphatic heterocycles. The molecule has 90 valence electrons. The normalized spacial score (nSPS) is 20.4. The number of nitrogens with zero attached hydrogens (tertiary/aromatic N) is 1. The van der Waals surface area contributed by atoms with Gasteiger partial charge in [-0.05, 0) is 37.3 Å². The summed E-state index contributed by atoms with van der Waals surface area (Å²) in [5.41, 5.74) is 0.830. The predicted octanol–water partition coefficient (Wildman–Crippen LogP) is 2.99. The summed E-state index contributed by atoms with van der Waals surface area (Å²) in [5, 5.41) is 3.99. The van der Waals surface area contributed by atoms with E-state index in [1.165, 1.54) is 0 Å². The summed E-state index contributed by atoms with van der Waals surface area (Å²) in [6, 6.07) is 5.29. The average molecular weight is 289 g/mol. The zero-order valence-electron chi connectivity index (χ0n) is 9.04. The molecule has 0 bridgehead atoms. The van der Waals surface area contributed by atoms with Crippen LogP contribution < -0.4 is 10.2 Å². The zero-order valence-corrected chi connectivity index (χ0v) is 11.4. The highest BCUT2D eigenvalue weighted by molar-refractivity contribution is 7.80. The van der Waals surface area contributed by atoms with Gasteiger partial charge in [-0.15, -0.1) is 0 Å². The molecule has 0 aliphatic carbocycles. The Morgan fingerprint density at radius 3 is 2.71 bits per heavy atom. The highest BCUT2D eigenvalue weighted by Gasteiger charge is 2.28. The second kappa shape index (κ2) is 4.80. The third-order valence-corrected chi connectivity index (χ3v) is 3.61. The van der Waals surface area contributed by atoms with Gasteiger partial charge in [0, 0.05) is 18.2 Å². The number of amides is 1. The number of carbonyl (C=O) groups excluding carboxylic acids is 1. The first-order chi connectivity index (χ1) is 7.99. The SMILES string of the molecule is CC1CC(=O)NC(=S)N1c1ccc(Cl)c(Cl)c1. The first kappa shape index (κ1) is 12.6. The highest BCUT2D eigenvalue weighted by atomic mass is 35.5. The Bertz CT molecular complexity index is 492. The van der Waals surface area contributed by atoms with E-state index in [1.54, 1.807) is 12.1 Å². The average Bonchev–Trinajstić information content (AvgIpc) is 2.21. The maximum absolute atomic E-state index is 11.3. The Labute approximate surface area is 115 Å². The molecule has 0 aromatic heterocycles. The van der Waals surface area contributed by atoms with Crippen LogP contribution in [0.1, 0.15) is 13.3 Å². The third-order valence-electron chi connectivity index (χ3n) is 2.57. The van der Waals surface area contributed by atoms with Crippen molar-refractivity contribution >= 4 is 52.1 Å². The van der Waals surface area contributed by atoms with Gasteiger partial charge in [0.2, 0.25) is 5.91 Å². The summed E-state index contributed by atoms with van der Waals surface area (Å²) < 4.78 is 0. The highest BCUT2D eigenvalue weighted by Crippen LogP contribution is 2.29. The van der Waals surface area contributed by atoms with E-state index >= 15 is 0 Å². The molecule has 1 unspecified atom stereocenters. The Morgan fingerprint density at radius 1 is 1.41 bits per heavy atom. The fourth-order valence-corrected chi connectivity index (χ4v) is 2.49. The summed E-state index contributed by atoms with van der Waals surface area (Å²) in [5.74, 6) is -0.0567. The van der Waals surface area contributed by atoms with Crippen LogP contribution in [-0.4, -0.2) is 17.1 Å². The lowest BCUT2D eigenvalue weighted by atomic mass is 10.1. The van der Waals surface area contributed by atoms with Gasteiger partial charge in [0.25, 0.3) is 0 Å². The fourth-order valence-electron chi connectivity index (χ4n) is 1.80. The van der Waals surface area contributed by atoms with Crippen LogP contribution >= 0.6 is 35.4 Å². The van der Waals surface area contributed by atoms with Crippen molar-refractivity contribution in [3.8, 4) is 0 Å². The van der Waals surface area contributed by atoms with Crippen LogP contribution in [0.15, 0.2) is 18.2 Å². The Balaban J connectivity index is 2.35. The minimum Gasteiger partial charge on any atom is -0.315 e. The van der Waals surface area contributed by atoms with Gasteiger partial charge in [0.1, 0.15) is 0 Å². The van der Waals surface area contributed by atoms with Crippen LogP contribution in [0, 0.1) is 0 Å². The summed E-state index contributed by atoms with van der Waals surface area (Å²) in [6.07, 6.45) is 0.403. The lowest BCUT2D eigenvalue weighted by molar-refractivity contribution is -0.120. The number of nitrogens with one attached hydrogen (secondary N) is 1. The van der Waals surface area contributed by atoms with Crippen molar-refractivity contribution in [1.82, 2.24) is 5.32 Å². The maximum Gasteiger partial charge on any atom is 0.228 e. The molecule has 1 aliphatic rings. The third kappa shape index (κ3) is 2.54. The van der Waals surface area contributed by atoms with E-state index in [4.69, 9.17) is 35.4 Å². The number of benzene rings is 1. The van der Waals surface area contributed by atoms with Crippen LogP contribution in [0.25, 0.3) is 0 Å². The van der Waals surface area contributed by atoms with E-state index in [-0.39, 0.29) is 11.9 Å². The van der Waals surface area contributed by atoms with E-state index < -0.39 is 0 Å². The van der Waals surface area contributed by atoms with E-state index in [2.05, 4.69) is 5.32 Å². The van der Waals surface area contributed by atoms with Crippen molar-refractivity contribution in [3.63, 3.8) is 0 Å². The molecule has 1 aromatic carbocycles. The molecule has 1 saturated heterocycles. The second-order valence-corrected chi connectivity index (χ2v) is 5.08. The van der Waals surface area contributed by atoms with Gasteiger partial charge in [-0.25, -0.2) is 0 Å². The predicted molar refractivity (Wildman–Crippen MR) is 73.8 cm³/mol. The molecule has 1 atom stereocenters. The van der Waals surface area contributed by atoms with E-state index in [0.717, 1.165) is 5.69 Å². The van der Waals surface area contributed by atoms with Crippen molar-refractivity contribution in [2.45, 2.75) is 19.4 Å². The molecule has 2 rings (SSSR count). The van der Waals surface area contributed by atoms with Gasteiger partial charge in [-0.3, -0.25) is 4.79 Å². The molecule has 0 spiro atoms. The lowest BCUT2D eigenvalue weighted by Crippen LogP contribution is -2.54. The van der Waals surface area contributed by atoms with Gasteiger partial charge in [-0.1, -0.05) is 23.2 Å².